The summed E-state index contributed by atoms with van der Waals surface area (Å²) < 4.78 is 5.20. The molecule has 0 radical (unpaired) electrons. The lowest BCUT2D eigenvalue weighted by Gasteiger charge is -2.35. The fraction of sp³-hybridized carbons (Fsp3) is 0.500. The van der Waals surface area contributed by atoms with E-state index in [4.69, 9.17) is 4.74 Å². The first-order chi connectivity index (χ1) is 8.62. The molecule has 6 nitrogen and oxygen atoms in total. The summed E-state index contributed by atoms with van der Waals surface area (Å²) in [4.78, 5) is 10.4. The van der Waals surface area contributed by atoms with Gasteiger partial charge in [-0.1, -0.05) is 0 Å². The fourth-order valence-corrected chi connectivity index (χ4v) is 2.06. The van der Waals surface area contributed by atoms with Gasteiger partial charge in [0, 0.05) is 43.7 Å². The van der Waals surface area contributed by atoms with Crippen molar-refractivity contribution in [3.63, 3.8) is 0 Å². The Labute approximate surface area is 105 Å². The standard InChI is InChI=1S/C12H17N3O3/c1-13-8-3-9(5-11(4-8)15(16)17)14-10-6-12(7-10)18-2/h3-5,10,12-14H,6-7H2,1-2H3. The van der Waals surface area contributed by atoms with Crippen LogP contribution in [-0.4, -0.2) is 31.2 Å². The van der Waals surface area contributed by atoms with E-state index in [0.29, 0.717) is 12.1 Å². The number of nitrogens with zero attached hydrogens (tertiary/aromatic N) is 1. The van der Waals surface area contributed by atoms with Gasteiger partial charge in [-0.15, -0.1) is 0 Å². The molecule has 2 rings (SSSR count). The Kier molecular flexibility index (Phi) is 3.66. The summed E-state index contributed by atoms with van der Waals surface area (Å²) in [5, 5.41) is 17.0. The Bertz CT molecular complexity index is 444. The molecule has 0 amide bonds. The lowest BCUT2D eigenvalue weighted by molar-refractivity contribution is -0.384. The third-order valence-corrected chi connectivity index (χ3v) is 3.22. The van der Waals surface area contributed by atoms with Crippen LogP contribution in [-0.2, 0) is 4.74 Å². The number of nitro groups is 1. The molecule has 0 atom stereocenters. The highest BCUT2D eigenvalue weighted by atomic mass is 16.6. The van der Waals surface area contributed by atoms with Gasteiger partial charge in [0.2, 0.25) is 0 Å². The second-order valence-electron chi connectivity index (χ2n) is 4.45. The Morgan fingerprint density at radius 1 is 1.33 bits per heavy atom. The Hall–Kier alpha value is -1.82. The molecule has 0 aliphatic heterocycles. The van der Waals surface area contributed by atoms with E-state index in [0.717, 1.165) is 24.2 Å². The monoisotopic (exact) mass is 251 g/mol. The third kappa shape index (κ3) is 2.70. The van der Waals surface area contributed by atoms with Crippen molar-refractivity contribution in [2.24, 2.45) is 0 Å². The molecule has 2 N–H and O–H groups in total. The summed E-state index contributed by atoms with van der Waals surface area (Å²) in [6.07, 6.45) is 2.19. The molecule has 0 bridgehead atoms. The number of hydrogen-bond acceptors (Lipinski definition) is 5. The van der Waals surface area contributed by atoms with Gasteiger partial charge in [-0.05, 0) is 18.9 Å². The summed E-state index contributed by atoms with van der Waals surface area (Å²) in [5.41, 5.74) is 1.59. The minimum Gasteiger partial charge on any atom is -0.388 e. The van der Waals surface area contributed by atoms with Gasteiger partial charge in [0.05, 0.1) is 11.0 Å². The molecule has 6 heteroatoms. The van der Waals surface area contributed by atoms with E-state index in [1.165, 1.54) is 6.07 Å². The van der Waals surface area contributed by atoms with E-state index in [1.807, 2.05) is 6.07 Å². The second-order valence-corrected chi connectivity index (χ2v) is 4.45. The summed E-state index contributed by atoms with van der Waals surface area (Å²) in [7, 11) is 3.44. The number of ether oxygens (including phenoxy) is 1. The molecule has 1 aromatic carbocycles. The molecule has 1 aliphatic rings. The number of nitrogens with one attached hydrogen (secondary N) is 2. The number of methoxy groups -OCH3 is 1. The lowest BCUT2D eigenvalue weighted by Crippen LogP contribution is -2.40. The maximum atomic E-state index is 10.8. The van der Waals surface area contributed by atoms with Gasteiger partial charge < -0.3 is 15.4 Å². The zero-order chi connectivity index (χ0) is 13.1. The quantitative estimate of drug-likeness (QED) is 0.620. The number of anilines is 2. The summed E-state index contributed by atoms with van der Waals surface area (Å²) in [6.45, 7) is 0. The van der Waals surface area contributed by atoms with Crippen LogP contribution < -0.4 is 10.6 Å². The largest absolute Gasteiger partial charge is 0.388 e. The second kappa shape index (κ2) is 5.22. The summed E-state index contributed by atoms with van der Waals surface area (Å²) in [5.74, 6) is 0. The zero-order valence-corrected chi connectivity index (χ0v) is 10.5. The number of hydrogen-bond donors (Lipinski definition) is 2. The van der Waals surface area contributed by atoms with Crippen molar-refractivity contribution in [2.75, 3.05) is 24.8 Å². The molecule has 1 aliphatic carbocycles. The minimum absolute atomic E-state index is 0.0898. The zero-order valence-electron chi connectivity index (χ0n) is 10.5. The Balaban J connectivity index is 2.08. The molecule has 0 unspecified atom stereocenters. The normalized spacial score (nSPS) is 22.1. The van der Waals surface area contributed by atoms with E-state index in [2.05, 4.69) is 10.6 Å². The predicted molar refractivity (Wildman–Crippen MR) is 70.1 cm³/mol. The summed E-state index contributed by atoms with van der Waals surface area (Å²) >= 11 is 0. The topological polar surface area (TPSA) is 76.4 Å². The van der Waals surface area contributed by atoms with Crippen molar-refractivity contribution in [3.05, 3.63) is 28.3 Å². The van der Waals surface area contributed by atoms with Crippen molar-refractivity contribution in [3.8, 4) is 0 Å². The average Bonchev–Trinajstić information content (AvgIpc) is 2.32. The van der Waals surface area contributed by atoms with Crippen LogP contribution in [0.5, 0.6) is 0 Å². The smallest absolute Gasteiger partial charge is 0.273 e. The Morgan fingerprint density at radius 2 is 2.00 bits per heavy atom. The minimum atomic E-state index is -0.384. The van der Waals surface area contributed by atoms with E-state index in [-0.39, 0.29) is 10.6 Å². The molecule has 1 fully saturated rings. The highest BCUT2D eigenvalue weighted by molar-refractivity contribution is 5.63. The van der Waals surface area contributed by atoms with E-state index >= 15 is 0 Å². The highest BCUT2D eigenvalue weighted by Gasteiger charge is 2.29. The molecule has 0 spiro atoms. The van der Waals surface area contributed by atoms with Gasteiger partial charge in [0.1, 0.15) is 0 Å². The molecular weight excluding hydrogens is 234 g/mol. The molecular formula is C12H17N3O3. The van der Waals surface area contributed by atoms with Gasteiger partial charge >= 0.3 is 0 Å². The number of benzene rings is 1. The first kappa shape index (κ1) is 12.6. The SMILES string of the molecule is CNc1cc(NC2CC(OC)C2)cc([N+](=O)[O-])c1. The van der Waals surface area contributed by atoms with Crippen LogP contribution in [0.1, 0.15) is 12.8 Å². The molecule has 18 heavy (non-hydrogen) atoms. The molecule has 98 valence electrons. The van der Waals surface area contributed by atoms with E-state index in [1.54, 1.807) is 20.2 Å². The van der Waals surface area contributed by atoms with Gasteiger partial charge in [-0.3, -0.25) is 10.1 Å². The fourth-order valence-electron chi connectivity index (χ4n) is 2.06. The van der Waals surface area contributed by atoms with Crippen LogP contribution >= 0.6 is 0 Å². The van der Waals surface area contributed by atoms with Crippen LogP contribution in [0.25, 0.3) is 0 Å². The summed E-state index contributed by atoms with van der Waals surface area (Å²) in [6, 6.07) is 5.28. The Morgan fingerprint density at radius 3 is 2.56 bits per heavy atom. The first-order valence-corrected chi connectivity index (χ1v) is 5.89. The van der Waals surface area contributed by atoms with Crippen molar-refractivity contribution in [2.45, 2.75) is 25.0 Å². The van der Waals surface area contributed by atoms with Gasteiger partial charge in [0.15, 0.2) is 0 Å². The average molecular weight is 251 g/mol. The first-order valence-electron chi connectivity index (χ1n) is 5.89. The maximum Gasteiger partial charge on any atom is 0.273 e. The number of non-ortho nitro benzene ring substituents is 1. The molecule has 0 aromatic heterocycles. The van der Waals surface area contributed by atoms with Crippen LogP contribution in [0.2, 0.25) is 0 Å². The van der Waals surface area contributed by atoms with Crippen molar-refractivity contribution in [1.29, 1.82) is 0 Å². The van der Waals surface area contributed by atoms with Crippen LogP contribution in [0, 0.1) is 10.1 Å². The lowest BCUT2D eigenvalue weighted by atomic mass is 9.89. The van der Waals surface area contributed by atoms with Crippen molar-refractivity contribution in [1.82, 2.24) is 0 Å². The van der Waals surface area contributed by atoms with Crippen molar-refractivity contribution >= 4 is 17.1 Å². The van der Waals surface area contributed by atoms with Crippen LogP contribution in [0.15, 0.2) is 18.2 Å². The molecule has 0 saturated heterocycles. The van der Waals surface area contributed by atoms with Crippen LogP contribution in [0.3, 0.4) is 0 Å². The highest BCUT2D eigenvalue weighted by Crippen LogP contribution is 2.29. The van der Waals surface area contributed by atoms with E-state index in [9.17, 15) is 10.1 Å². The molecule has 0 heterocycles. The maximum absolute atomic E-state index is 10.8. The third-order valence-electron chi connectivity index (χ3n) is 3.22. The van der Waals surface area contributed by atoms with Crippen molar-refractivity contribution < 1.29 is 9.66 Å². The molecule has 1 aromatic rings. The van der Waals surface area contributed by atoms with Gasteiger partial charge in [0.25, 0.3) is 5.69 Å². The van der Waals surface area contributed by atoms with E-state index < -0.39 is 0 Å². The van der Waals surface area contributed by atoms with Gasteiger partial charge in [-0.2, -0.15) is 0 Å². The predicted octanol–water partition coefficient (Wildman–Crippen LogP) is 2.23. The molecule has 1 saturated carbocycles. The number of nitro benzene ring substituents is 1. The number of rotatable bonds is 5. The van der Waals surface area contributed by atoms with Crippen LogP contribution in [0.4, 0.5) is 17.1 Å². The van der Waals surface area contributed by atoms with Gasteiger partial charge in [-0.25, -0.2) is 0 Å².